The van der Waals surface area contributed by atoms with Crippen molar-refractivity contribution in [2.75, 3.05) is 5.33 Å². The third-order valence-corrected chi connectivity index (χ3v) is 4.32. The van der Waals surface area contributed by atoms with Gasteiger partial charge in [0.25, 0.3) is 5.69 Å². The predicted octanol–water partition coefficient (Wildman–Crippen LogP) is 4.96. The Kier molecular flexibility index (Phi) is 5.19. The summed E-state index contributed by atoms with van der Waals surface area (Å²) < 4.78 is 0. The Morgan fingerprint density at radius 1 is 1.04 bits per heavy atom. The second-order valence-corrected chi connectivity index (χ2v) is 6.37. The van der Waals surface area contributed by atoms with Crippen LogP contribution in [0.2, 0.25) is 0 Å². The minimum atomic E-state index is -0.389. The largest absolute Gasteiger partial charge is 0.270 e. The number of rotatable bonds is 5. The van der Waals surface area contributed by atoms with Gasteiger partial charge in [0, 0.05) is 39.8 Å². The van der Waals surface area contributed by atoms with Crippen molar-refractivity contribution < 1.29 is 4.92 Å². The van der Waals surface area contributed by atoms with Crippen molar-refractivity contribution >= 4 is 21.6 Å². The number of halogens is 1. The Morgan fingerprint density at radius 3 is 2.44 bits per heavy atom. The normalized spacial score (nSPS) is 10.6. The van der Waals surface area contributed by atoms with Gasteiger partial charge in [-0.25, -0.2) is 9.97 Å². The zero-order valence-corrected chi connectivity index (χ0v) is 15.2. The molecule has 0 bridgehead atoms. The number of alkyl halides is 1. The minimum absolute atomic E-state index is 0.0554. The number of non-ortho nitro benzene ring substituents is 1. The molecule has 2 aromatic carbocycles. The number of nitrogens with zero attached hydrogens (tertiary/aromatic N) is 3. The van der Waals surface area contributed by atoms with Gasteiger partial charge in [0.15, 0.2) is 5.82 Å². The van der Waals surface area contributed by atoms with E-state index >= 15 is 0 Å². The molecule has 0 aliphatic carbocycles. The van der Waals surface area contributed by atoms with E-state index in [-0.39, 0.29) is 10.6 Å². The minimum Gasteiger partial charge on any atom is -0.258 e. The average Bonchev–Trinajstić information content (AvgIpc) is 2.64. The quantitative estimate of drug-likeness (QED) is 0.346. The maximum absolute atomic E-state index is 11.1. The van der Waals surface area contributed by atoms with E-state index in [1.165, 1.54) is 6.07 Å². The van der Waals surface area contributed by atoms with Crippen molar-refractivity contribution in [1.82, 2.24) is 9.97 Å². The zero-order chi connectivity index (χ0) is 17.8. The molecule has 126 valence electrons. The van der Waals surface area contributed by atoms with Gasteiger partial charge in [-0.1, -0.05) is 58.4 Å². The predicted molar refractivity (Wildman–Crippen MR) is 102 cm³/mol. The summed E-state index contributed by atoms with van der Waals surface area (Å²) >= 11 is 3.46. The summed E-state index contributed by atoms with van der Waals surface area (Å²) in [6.07, 6.45) is 0.749. The number of benzene rings is 2. The molecule has 6 heteroatoms. The number of hydrogen-bond acceptors (Lipinski definition) is 4. The van der Waals surface area contributed by atoms with Gasteiger partial charge in [-0.15, -0.1) is 0 Å². The Labute approximate surface area is 154 Å². The molecule has 0 radical (unpaired) electrons. The van der Waals surface area contributed by atoms with E-state index < -0.39 is 0 Å². The highest BCUT2D eigenvalue weighted by Gasteiger charge is 2.16. The molecule has 3 rings (SSSR count). The molecule has 0 aliphatic rings. The SMILES string of the molecule is Cc1nc(-c2ccccc2)nc(-c2cccc([N+](=O)[O-])c2)c1CCBr. The maximum atomic E-state index is 11.1. The summed E-state index contributed by atoms with van der Waals surface area (Å²) in [5.41, 5.74) is 4.33. The molecule has 1 heterocycles. The van der Waals surface area contributed by atoms with Crippen molar-refractivity contribution in [2.24, 2.45) is 0 Å². The smallest absolute Gasteiger partial charge is 0.258 e. The molecule has 0 amide bonds. The molecule has 0 atom stereocenters. The summed E-state index contributed by atoms with van der Waals surface area (Å²) in [5, 5.41) is 11.9. The average molecular weight is 398 g/mol. The van der Waals surface area contributed by atoms with E-state index in [1.54, 1.807) is 12.1 Å². The third-order valence-electron chi connectivity index (χ3n) is 3.92. The van der Waals surface area contributed by atoms with Gasteiger partial charge >= 0.3 is 0 Å². The van der Waals surface area contributed by atoms with Crippen molar-refractivity contribution in [3.63, 3.8) is 0 Å². The molecular formula is C19H16BrN3O2. The standard InChI is InChI=1S/C19H16BrN3O2/c1-13-17(10-11-20)18(15-8-5-9-16(12-15)23(24)25)22-19(21-13)14-6-3-2-4-7-14/h2-9,12H,10-11H2,1H3. The highest BCUT2D eigenvalue weighted by Crippen LogP contribution is 2.29. The molecule has 5 nitrogen and oxygen atoms in total. The Morgan fingerprint density at radius 2 is 1.76 bits per heavy atom. The van der Waals surface area contributed by atoms with Crippen LogP contribution in [0.3, 0.4) is 0 Å². The van der Waals surface area contributed by atoms with Crippen LogP contribution in [-0.2, 0) is 6.42 Å². The Bertz CT molecular complexity index is 914. The van der Waals surface area contributed by atoms with Crippen LogP contribution in [0, 0.1) is 17.0 Å². The van der Waals surface area contributed by atoms with Gasteiger partial charge in [-0.05, 0) is 13.3 Å². The summed E-state index contributed by atoms with van der Waals surface area (Å²) in [5.74, 6) is 0.623. The van der Waals surface area contributed by atoms with Gasteiger partial charge in [0.2, 0.25) is 0 Å². The van der Waals surface area contributed by atoms with Gasteiger partial charge in [-0.3, -0.25) is 10.1 Å². The van der Waals surface area contributed by atoms with E-state index in [9.17, 15) is 10.1 Å². The highest BCUT2D eigenvalue weighted by molar-refractivity contribution is 9.09. The van der Waals surface area contributed by atoms with E-state index in [0.29, 0.717) is 5.82 Å². The highest BCUT2D eigenvalue weighted by atomic mass is 79.9. The monoisotopic (exact) mass is 397 g/mol. The van der Waals surface area contributed by atoms with Crippen molar-refractivity contribution in [2.45, 2.75) is 13.3 Å². The summed E-state index contributed by atoms with van der Waals surface area (Å²) in [7, 11) is 0. The van der Waals surface area contributed by atoms with Crippen LogP contribution in [0.25, 0.3) is 22.6 Å². The molecule has 0 saturated carbocycles. The lowest BCUT2D eigenvalue weighted by molar-refractivity contribution is -0.384. The first-order valence-corrected chi connectivity index (χ1v) is 8.96. The second kappa shape index (κ2) is 7.53. The van der Waals surface area contributed by atoms with Crippen LogP contribution in [0.4, 0.5) is 5.69 Å². The summed E-state index contributed by atoms with van der Waals surface area (Å²) in [6, 6.07) is 16.3. The van der Waals surface area contributed by atoms with Crippen LogP contribution in [0.1, 0.15) is 11.3 Å². The number of nitro benzene ring substituents is 1. The van der Waals surface area contributed by atoms with Crippen LogP contribution in [-0.4, -0.2) is 20.2 Å². The fourth-order valence-corrected chi connectivity index (χ4v) is 3.11. The van der Waals surface area contributed by atoms with E-state index in [4.69, 9.17) is 4.98 Å². The van der Waals surface area contributed by atoms with Gasteiger partial charge < -0.3 is 0 Å². The Hall–Kier alpha value is -2.60. The first kappa shape index (κ1) is 17.2. The molecule has 0 N–H and O–H groups in total. The van der Waals surface area contributed by atoms with Gasteiger partial charge in [-0.2, -0.15) is 0 Å². The van der Waals surface area contributed by atoms with E-state index in [0.717, 1.165) is 39.8 Å². The number of nitro groups is 1. The fourth-order valence-electron chi connectivity index (χ4n) is 2.71. The van der Waals surface area contributed by atoms with E-state index in [2.05, 4.69) is 20.9 Å². The van der Waals surface area contributed by atoms with E-state index in [1.807, 2.05) is 43.3 Å². The second-order valence-electron chi connectivity index (χ2n) is 5.57. The van der Waals surface area contributed by atoms with Crippen LogP contribution < -0.4 is 0 Å². The molecule has 25 heavy (non-hydrogen) atoms. The van der Waals surface area contributed by atoms with Gasteiger partial charge in [0.05, 0.1) is 10.6 Å². The van der Waals surface area contributed by atoms with Gasteiger partial charge in [0.1, 0.15) is 0 Å². The first-order chi connectivity index (χ1) is 12.1. The topological polar surface area (TPSA) is 68.9 Å². The summed E-state index contributed by atoms with van der Waals surface area (Å²) in [6.45, 7) is 1.95. The Balaban J connectivity index is 2.21. The molecule has 0 unspecified atom stereocenters. The van der Waals surface area contributed by atoms with Crippen LogP contribution in [0.5, 0.6) is 0 Å². The molecule has 0 saturated heterocycles. The lowest BCUT2D eigenvalue weighted by Crippen LogP contribution is -2.04. The molecule has 0 aliphatic heterocycles. The molecule has 3 aromatic rings. The molecule has 0 spiro atoms. The van der Waals surface area contributed by atoms with Crippen molar-refractivity contribution in [3.8, 4) is 22.6 Å². The van der Waals surface area contributed by atoms with Crippen LogP contribution in [0.15, 0.2) is 54.6 Å². The lowest BCUT2D eigenvalue weighted by Gasteiger charge is -2.13. The number of aromatic nitrogens is 2. The number of hydrogen-bond donors (Lipinski definition) is 0. The fraction of sp³-hybridized carbons (Fsp3) is 0.158. The van der Waals surface area contributed by atoms with Crippen LogP contribution >= 0.6 is 15.9 Å². The maximum Gasteiger partial charge on any atom is 0.270 e. The third kappa shape index (κ3) is 3.74. The van der Waals surface area contributed by atoms with Crippen molar-refractivity contribution in [1.29, 1.82) is 0 Å². The lowest BCUT2D eigenvalue weighted by atomic mass is 10.0. The first-order valence-electron chi connectivity index (χ1n) is 7.84. The zero-order valence-electron chi connectivity index (χ0n) is 13.6. The number of aryl methyl sites for hydroxylation is 1. The molecular weight excluding hydrogens is 382 g/mol. The summed E-state index contributed by atoms with van der Waals surface area (Å²) in [4.78, 5) is 20.1. The van der Waals surface area contributed by atoms with Crippen molar-refractivity contribution in [3.05, 3.63) is 76.0 Å². The molecule has 1 aromatic heterocycles. The molecule has 0 fully saturated rings.